The van der Waals surface area contributed by atoms with E-state index in [4.69, 9.17) is 0 Å². The summed E-state index contributed by atoms with van der Waals surface area (Å²) in [5, 5.41) is 5.11. The minimum atomic E-state index is -0.503. The molecule has 0 heteroatoms. The van der Waals surface area contributed by atoms with E-state index in [0.29, 0.717) is 0 Å². The molecule has 0 spiro atoms. The molecule has 0 heterocycles. The van der Waals surface area contributed by atoms with Gasteiger partial charge in [0.15, 0.2) is 0 Å². The number of hydrogen-bond acceptors (Lipinski definition) is 0. The van der Waals surface area contributed by atoms with Crippen LogP contribution in [0, 0.1) is 0 Å². The van der Waals surface area contributed by atoms with Crippen LogP contribution >= 0.6 is 0 Å². The highest BCUT2D eigenvalue weighted by atomic mass is 14.5. The summed E-state index contributed by atoms with van der Waals surface area (Å²) in [4.78, 5) is 0. The highest BCUT2D eigenvalue weighted by molar-refractivity contribution is 6.06. The summed E-state index contributed by atoms with van der Waals surface area (Å²) in [6.45, 7) is 0. The fourth-order valence-corrected chi connectivity index (χ4v) is 10.9. The van der Waals surface area contributed by atoms with Crippen molar-refractivity contribution in [3.63, 3.8) is 0 Å². The normalized spacial score (nSPS) is 14.1. The maximum absolute atomic E-state index is 2.51. The van der Waals surface area contributed by atoms with Crippen molar-refractivity contribution in [3.05, 3.63) is 275 Å². The Balaban J connectivity index is 1.16. The van der Waals surface area contributed by atoms with Gasteiger partial charge in [0.25, 0.3) is 0 Å². The minimum Gasteiger partial charge on any atom is -0.0622 e. The van der Waals surface area contributed by atoms with Gasteiger partial charge in [0.05, 0.1) is 10.8 Å². The lowest BCUT2D eigenvalue weighted by Gasteiger charge is -2.34. The summed E-state index contributed by atoms with van der Waals surface area (Å²) < 4.78 is 0. The average Bonchev–Trinajstić information content (AvgIpc) is 3.78. The van der Waals surface area contributed by atoms with Gasteiger partial charge in [-0.1, -0.05) is 218 Å². The van der Waals surface area contributed by atoms with Gasteiger partial charge in [-0.2, -0.15) is 0 Å². The molecule has 2 aliphatic carbocycles. The summed E-state index contributed by atoms with van der Waals surface area (Å²) in [5.41, 5.74) is 17.1. The van der Waals surface area contributed by atoms with Crippen molar-refractivity contribution in [3.8, 4) is 33.4 Å². The summed E-state index contributed by atoms with van der Waals surface area (Å²) in [6, 6.07) is 86.3. The first kappa shape index (κ1) is 32.9. The molecule has 0 nitrogen and oxygen atoms in total. The molecule has 270 valence electrons. The van der Waals surface area contributed by atoms with Crippen molar-refractivity contribution in [2.45, 2.75) is 10.8 Å². The van der Waals surface area contributed by atoms with E-state index >= 15 is 0 Å². The van der Waals surface area contributed by atoms with Crippen LogP contribution in [0.5, 0.6) is 0 Å². The van der Waals surface area contributed by atoms with Crippen LogP contribution in [-0.2, 0) is 10.8 Å². The molecule has 2 aliphatic rings. The summed E-state index contributed by atoms with van der Waals surface area (Å²) in [6.07, 6.45) is 0. The van der Waals surface area contributed by atoms with Crippen molar-refractivity contribution in [1.29, 1.82) is 0 Å². The van der Waals surface area contributed by atoms with Gasteiger partial charge in [-0.05, 0) is 112 Å². The Kier molecular flexibility index (Phi) is 7.16. The van der Waals surface area contributed by atoms with E-state index in [2.05, 4.69) is 231 Å². The summed E-state index contributed by atoms with van der Waals surface area (Å²) in [7, 11) is 0. The number of benzene rings is 10. The quantitative estimate of drug-likeness (QED) is 0.165. The van der Waals surface area contributed by atoms with Crippen molar-refractivity contribution >= 4 is 21.5 Å². The SMILES string of the molecule is c1ccc(C2(c3ccccc3)c3cc(-c4ccc5c(c4)C(c4ccccc4)(c4ccccc4)c4ccc6ccccc6c4-5)ccc3-c3c2ccc2ccccc32)cc1. The van der Waals surface area contributed by atoms with Gasteiger partial charge in [-0.3, -0.25) is 0 Å². The third kappa shape index (κ3) is 4.40. The highest BCUT2D eigenvalue weighted by Gasteiger charge is 2.48. The van der Waals surface area contributed by atoms with Gasteiger partial charge < -0.3 is 0 Å². The maximum Gasteiger partial charge on any atom is 0.0714 e. The molecule has 0 aliphatic heterocycles. The summed E-state index contributed by atoms with van der Waals surface area (Å²) in [5.74, 6) is 0. The zero-order chi connectivity index (χ0) is 38.3. The first-order valence-electron chi connectivity index (χ1n) is 20.3. The lowest BCUT2D eigenvalue weighted by Crippen LogP contribution is -2.28. The molecule has 0 N–H and O–H groups in total. The molecular formula is C58H38. The fraction of sp³-hybridized carbons (Fsp3) is 0.0345. The molecule has 0 amide bonds. The van der Waals surface area contributed by atoms with E-state index in [1.54, 1.807) is 0 Å². The van der Waals surface area contributed by atoms with Crippen LogP contribution < -0.4 is 0 Å². The molecular weight excluding hydrogens is 697 g/mol. The number of rotatable bonds is 5. The smallest absolute Gasteiger partial charge is 0.0622 e. The Hall–Kier alpha value is -7.28. The topological polar surface area (TPSA) is 0 Å². The van der Waals surface area contributed by atoms with E-state index in [0.717, 1.165) is 0 Å². The van der Waals surface area contributed by atoms with Crippen LogP contribution in [0.2, 0.25) is 0 Å². The molecule has 10 aromatic rings. The molecule has 0 unspecified atom stereocenters. The van der Waals surface area contributed by atoms with Crippen LogP contribution in [0.1, 0.15) is 44.5 Å². The zero-order valence-electron chi connectivity index (χ0n) is 31.9. The first-order valence-corrected chi connectivity index (χ1v) is 20.3. The molecule has 0 atom stereocenters. The Labute approximate surface area is 339 Å². The first-order chi connectivity index (χ1) is 28.8. The number of fused-ring (bicyclic) bond motifs is 10. The molecule has 58 heavy (non-hydrogen) atoms. The Morgan fingerprint density at radius 1 is 0.241 bits per heavy atom. The van der Waals surface area contributed by atoms with E-state index in [1.807, 2.05) is 0 Å². The van der Waals surface area contributed by atoms with Crippen LogP contribution in [0.15, 0.2) is 231 Å². The average molecular weight is 735 g/mol. The van der Waals surface area contributed by atoms with Crippen LogP contribution in [0.4, 0.5) is 0 Å². The largest absolute Gasteiger partial charge is 0.0714 e. The second kappa shape index (κ2) is 12.6. The predicted molar refractivity (Wildman–Crippen MR) is 241 cm³/mol. The molecule has 12 rings (SSSR count). The molecule has 0 fully saturated rings. The molecule has 0 saturated carbocycles. The highest BCUT2D eigenvalue weighted by Crippen LogP contribution is 2.60. The van der Waals surface area contributed by atoms with Crippen LogP contribution in [0.3, 0.4) is 0 Å². The van der Waals surface area contributed by atoms with Gasteiger partial charge in [0, 0.05) is 0 Å². The molecule has 10 aromatic carbocycles. The van der Waals surface area contributed by atoms with Gasteiger partial charge in [-0.15, -0.1) is 0 Å². The predicted octanol–water partition coefficient (Wildman–Crippen LogP) is 14.4. The summed E-state index contributed by atoms with van der Waals surface area (Å²) >= 11 is 0. The van der Waals surface area contributed by atoms with Crippen molar-refractivity contribution in [1.82, 2.24) is 0 Å². The molecule has 0 saturated heterocycles. The number of hydrogen-bond donors (Lipinski definition) is 0. The second-order valence-corrected chi connectivity index (χ2v) is 15.9. The Morgan fingerprint density at radius 2 is 0.569 bits per heavy atom. The van der Waals surface area contributed by atoms with Crippen molar-refractivity contribution in [2.24, 2.45) is 0 Å². The van der Waals surface area contributed by atoms with E-state index in [1.165, 1.54) is 99.4 Å². The van der Waals surface area contributed by atoms with E-state index < -0.39 is 10.8 Å². The lowest BCUT2D eigenvalue weighted by molar-refractivity contribution is 0.768. The fourth-order valence-electron chi connectivity index (χ4n) is 10.9. The Morgan fingerprint density at radius 3 is 0.931 bits per heavy atom. The van der Waals surface area contributed by atoms with Crippen molar-refractivity contribution < 1.29 is 0 Å². The molecule has 0 aromatic heterocycles. The van der Waals surface area contributed by atoms with Gasteiger partial charge >= 0.3 is 0 Å². The third-order valence-electron chi connectivity index (χ3n) is 13.2. The van der Waals surface area contributed by atoms with Gasteiger partial charge in [0.1, 0.15) is 0 Å². The molecule has 0 bridgehead atoms. The standard InChI is InChI=1S/C58H38/c1-5-19-43(20-6-1)57(44-21-7-2-8-22-44)51-35-31-39-17-13-15-27-47(39)55(51)49-33-29-41(37-53(49)57)42-30-34-50-54(38-42)58(45-23-9-3-10-24-45,46-25-11-4-12-26-46)52-36-32-40-18-14-16-28-48(40)56(50)52/h1-38H. The van der Waals surface area contributed by atoms with Crippen molar-refractivity contribution in [2.75, 3.05) is 0 Å². The van der Waals surface area contributed by atoms with E-state index in [-0.39, 0.29) is 0 Å². The third-order valence-corrected chi connectivity index (χ3v) is 13.2. The van der Waals surface area contributed by atoms with Crippen LogP contribution in [0.25, 0.3) is 54.9 Å². The minimum absolute atomic E-state index is 0.503. The maximum atomic E-state index is 2.51. The van der Waals surface area contributed by atoms with E-state index in [9.17, 15) is 0 Å². The van der Waals surface area contributed by atoms with Gasteiger partial charge in [0.2, 0.25) is 0 Å². The lowest BCUT2D eigenvalue weighted by atomic mass is 9.67. The zero-order valence-corrected chi connectivity index (χ0v) is 31.9. The Bertz CT molecular complexity index is 2900. The second-order valence-electron chi connectivity index (χ2n) is 15.9. The molecule has 0 radical (unpaired) electrons. The van der Waals surface area contributed by atoms with Gasteiger partial charge in [-0.25, -0.2) is 0 Å². The van der Waals surface area contributed by atoms with Crippen LogP contribution in [-0.4, -0.2) is 0 Å². The monoisotopic (exact) mass is 734 g/mol.